The first-order chi connectivity index (χ1) is 9.41. The van der Waals surface area contributed by atoms with Gasteiger partial charge in [0.2, 0.25) is 0 Å². The molecular weight excluding hydrogens is 276 g/mol. The van der Waals surface area contributed by atoms with E-state index in [4.69, 9.17) is 18.0 Å². The van der Waals surface area contributed by atoms with Crippen molar-refractivity contribution in [3.63, 3.8) is 0 Å². The smallest absolute Gasteiger partial charge is 0.257 e. The first-order valence-electron chi connectivity index (χ1n) is 5.83. The van der Waals surface area contributed by atoms with Crippen LogP contribution in [0.5, 0.6) is 5.75 Å². The Labute approximate surface area is 121 Å². The maximum absolute atomic E-state index is 12.3. The second-order valence-electron chi connectivity index (χ2n) is 4.30. The summed E-state index contributed by atoms with van der Waals surface area (Å²) in [6, 6.07) is 4.76. The van der Waals surface area contributed by atoms with Gasteiger partial charge >= 0.3 is 0 Å². The van der Waals surface area contributed by atoms with E-state index in [2.05, 4.69) is 10.4 Å². The van der Waals surface area contributed by atoms with Crippen molar-refractivity contribution in [2.24, 2.45) is 12.8 Å². The Morgan fingerprint density at radius 2 is 2.15 bits per heavy atom. The van der Waals surface area contributed by atoms with Crippen molar-refractivity contribution >= 4 is 28.9 Å². The molecule has 7 heteroatoms. The maximum atomic E-state index is 12.3. The van der Waals surface area contributed by atoms with Crippen molar-refractivity contribution in [1.82, 2.24) is 9.78 Å². The number of aromatic hydroxyl groups is 1. The molecule has 1 heterocycles. The monoisotopic (exact) mass is 290 g/mol. The van der Waals surface area contributed by atoms with Crippen LogP contribution in [-0.4, -0.2) is 25.8 Å². The predicted molar refractivity (Wildman–Crippen MR) is 79.9 cm³/mol. The van der Waals surface area contributed by atoms with E-state index in [0.717, 1.165) is 0 Å². The van der Waals surface area contributed by atoms with Crippen molar-refractivity contribution in [3.05, 3.63) is 41.1 Å². The average molecular weight is 290 g/mol. The van der Waals surface area contributed by atoms with E-state index >= 15 is 0 Å². The Morgan fingerprint density at radius 1 is 1.45 bits per heavy atom. The summed E-state index contributed by atoms with van der Waals surface area (Å²) >= 11 is 4.91. The zero-order chi connectivity index (χ0) is 14.9. The topological polar surface area (TPSA) is 93.2 Å². The molecule has 0 spiro atoms. The van der Waals surface area contributed by atoms with Gasteiger partial charge in [-0.2, -0.15) is 5.10 Å². The zero-order valence-corrected chi connectivity index (χ0v) is 11.9. The van der Waals surface area contributed by atoms with Gasteiger partial charge in [-0.05, 0) is 19.1 Å². The lowest BCUT2D eigenvalue weighted by atomic mass is 10.1. The highest BCUT2D eigenvalue weighted by Gasteiger charge is 2.17. The number of rotatable bonds is 3. The number of anilines is 1. The third kappa shape index (κ3) is 2.48. The van der Waals surface area contributed by atoms with Gasteiger partial charge < -0.3 is 16.2 Å². The molecule has 0 radical (unpaired) electrons. The molecule has 0 aliphatic carbocycles. The molecule has 0 aliphatic rings. The third-order valence-corrected chi connectivity index (χ3v) is 3.21. The third-order valence-electron chi connectivity index (χ3n) is 2.99. The van der Waals surface area contributed by atoms with Gasteiger partial charge in [-0.25, -0.2) is 0 Å². The molecule has 2 aromatic rings. The minimum absolute atomic E-state index is 0.0669. The number of benzene rings is 1. The number of thiocarbonyl (C=S) groups is 1. The minimum atomic E-state index is -0.362. The molecule has 0 fully saturated rings. The lowest BCUT2D eigenvalue weighted by Crippen LogP contribution is -2.19. The van der Waals surface area contributed by atoms with E-state index < -0.39 is 0 Å². The predicted octanol–water partition coefficient (Wildman–Crippen LogP) is 1.32. The number of hydrogen-bond donors (Lipinski definition) is 3. The second-order valence-corrected chi connectivity index (χ2v) is 4.74. The van der Waals surface area contributed by atoms with Gasteiger partial charge in [0.25, 0.3) is 5.91 Å². The van der Waals surface area contributed by atoms with E-state index in [1.807, 2.05) is 0 Å². The van der Waals surface area contributed by atoms with Crippen LogP contribution in [-0.2, 0) is 7.05 Å². The van der Waals surface area contributed by atoms with Crippen molar-refractivity contribution in [1.29, 1.82) is 0 Å². The summed E-state index contributed by atoms with van der Waals surface area (Å²) in [6.07, 6.45) is 1.49. The van der Waals surface area contributed by atoms with Gasteiger partial charge in [0.1, 0.15) is 16.6 Å². The maximum Gasteiger partial charge on any atom is 0.257 e. The molecule has 1 aromatic heterocycles. The molecule has 4 N–H and O–H groups in total. The number of aryl methyl sites for hydroxylation is 1. The quantitative estimate of drug-likeness (QED) is 0.741. The Hall–Kier alpha value is -2.41. The van der Waals surface area contributed by atoms with Gasteiger partial charge in [0.15, 0.2) is 0 Å². The molecule has 1 aromatic carbocycles. The molecule has 0 atom stereocenters. The van der Waals surface area contributed by atoms with Gasteiger partial charge in [-0.3, -0.25) is 9.48 Å². The minimum Gasteiger partial charge on any atom is -0.508 e. The highest BCUT2D eigenvalue weighted by Crippen LogP contribution is 2.21. The summed E-state index contributed by atoms with van der Waals surface area (Å²) in [5.74, 6) is 0.127. The van der Waals surface area contributed by atoms with E-state index in [0.29, 0.717) is 22.5 Å². The van der Waals surface area contributed by atoms with E-state index in [9.17, 15) is 9.90 Å². The molecule has 0 bridgehead atoms. The lowest BCUT2D eigenvalue weighted by molar-refractivity contribution is 0.102. The summed E-state index contributed by atoms with van der Waals surface area (Å²) in [5, 5.41) is 16.4. The van der Waals surface area contributed by atoms with Crippen LogP contribution in [0.15, 0.2) is 24.4 Å². The second kappa shape index (κ2) is 5.30. The van der Waals surface area contributed by atoms with Crippen LogP contribution in [0.2, 0.25) is 0 Å². The number of nitrogens with two attached hydrogens (primary N) is 1. The summed E-state index contributed by atoms with van der Waals surface area (Å²) in [6.45, 7) is 1.67. The van der Waals surface area contributed by atoms with Crippen LogP contribution in [0.1, 0.15) is 21.5 Å². The number of phenols is 1. The molecule has 0 aliphatic heterocycles. The Balaban J connectivity index is 2.35. The van der Waals surface area contributed by atoms with Gasteiger partial charge in [-0.15, -0.1) is 0 Å². The fourth-order valence-corrected chi connectivity index (χ4v) is 1.96. The van der Waals surface area contributed by atoms with Gasteiger partial charge in [0.05, 0.1) is 11.8 Å². The van der Waals surface area contributed by atoms with Crippen molar-refractivity contribution in [2.75, 3.05) is 5.32 Å². The highest BCUT2D eigenvalue weighted by molar-refractivity contribution is 7.80. The number of nitrogens with zero attached hydrogens (tertiary/aromatic N) is 2. The van der Waals surface area contributed by atoms with Crippen LogP contribution < -0.4 is 11.1 Å². The first kappa shape index (κ1) is 14.0. The van der Waals surface area contributed by atoms with Gasteiger partial charge in [-0.1, -0.05) is 18.3 Å². The van der Waals surface area contributed by atoms with Crippen LogP contribution in [0.25, 0.3) is 0 Å². The number of aromatic nitrogens is 2. The summed E-state index contributed by atoms with van der Waals surface area (Å²) in [4.78, 5) is 12.4. The number of carbonyl (C=O) groups excluding carboxylic acids is 1. The number of amides is 1. The van der Waals surface area contributed by atoms with Crippen LogP contribution in [0.4, 0.5) is 5.82 Å². The van der Waals surface area contributed by atoms with E-state index in [1.165, 1.54) is 16.9 Å². The summed E-state index contributed by atoms with van der Waals surface area (Å²) in [7, 11) is 1.67. The van der Waals surface area contributed by atoms with Crippen LogP contribution in [0.3, 0.4) is 0 Å². The number of phenolic OH excluding ortho intramolecular Hbond substituents is 1. The molecule has 2 rings (SSSR count). The summed E-state index contributed by atoms with van der Waals surface area (Å²) < 4.78 is 1.48. The SMILES string of the molecule is Cc1c(O)cccc1C(=O)Nc1c(C(N)=S)cnn1C. The van der Waals surface area contributed by atoms with Crippen molar-refractivity contribution in [2.45, 2.75) is 6.92 Å². The number of hydrogen-bond acceptors (Lipinski definition) is 4. The zero-order valence-electron chi connectivity index (χ0n) is 11.0. The molecule has 1 amide bonds. The van der Waals surface area contributed by atoms with Crippen molar-refractivity contribution < 1.29 is 9.90 Å². The standard InChI is InChI=1S/C13H14N4O2S/c1-7-8(4-3-5-10(7)18)13(19)16-12-9(11(14)20)6-15-17(12)2/h3-6,18H,1-2H3,(H2,14,20)(H,16,19). The molecule has 6 nitrogen and oxygen atoms in total. The first-order valence-corrected chi connectivity index (χ1v) is 6.24. The molecule has 0 unspecified atom stereocenters. The number of nitrogens with one attached hydrogen (secondary N) is 1. The molecule has 0 saturated carbocycles. The number of carbonyl (C=O) groups is 1. The molecule has 0 saturated heterocycles. The fraction of sp³-hybridized carbons (Fsp3) is 0.154. The van der Waals surface area contributed by atoms with E-state index in [-0.39, 0.29) is 16.6 Å². The largest absolute Gasteiger partial charge is 0.508 e. The molecule has 104 valence electrons. The average Bonchev–Trinajstić information content (AvgIpc) is 2.74. The fourth-order valence-electron chi connectivity index (χ4n) is 1.81. The highest BCUT2D eigenvalue weighted by atomic mass is 32.1. The van der Waals surface area contributed by atoms with E-state index in [1.54, 1.807) is 26.1 Å². The Morgan fingerprint density at radius 3 is 2.80 bits per heavy atom. The van der Waals surface area contributed by atoms with Gasteiger partial charge in [0, 0.05) is 18.2 Å². The summed E-state index contributed by atoms with van der Waals surface area (Å²) in [5.41, 5.74) is 6.96. The van der Waals surface area contributed by atoms with Crippen molar-refractivity contribution in [3.8, 4) is 5.75 Å². The molecule has 20 heavy (non-hydrogen) atoms. The molecular formula is C13H14N4O2S. The Kier molecular flexibility index (Phi) is 3.71. The van der Waals surface area contributed by atoms with Crippen LogP contribution in [0, 0.1) is 6.92 Å². The Bertz CT molecular complexity index is 694. The van der Waals surface area contributed by atoms with Crippen LogP contribution >= 0.6 is 12.2 Å². The normalized spacial score (nSPS) is 10.3. The lowest BCUT2D eigenvalue weighted by Gasteiger charge is -2.10.